The van der Waals surface area contributed by atoms with Crippen LogP contribution in [0, 0.1) is 0 Å². The minimum absolute atomic E-state index is 0.341. The van der Waals surface area contributed by atoms with Crippen molar-refractivity contribution in [1.82, 2.24) is 0 Å². The lowest BCUT2D eigenvalue weighted by molar-refractivity contribution is -0.137. The van der Waals surface area contributed by atoms with Crippen molar-refractivity contribution < 1.29 is 29.1 Å². The van der Waals surface area contributed by atoms with E-state index in [1.54, 1.807) is 0 Å². The Hall–Kier alpha value is -0.790. The lowest BCUT2D eigenvalue weighted by Gasteiger charge is -1.98. The SMILES string of the molecule is [2H]C([2H])(C=CCCCCCC)C([2H])([2H])C([2H])([2H])C([2H])([2H])C([2H])([2H])C([2H])([2H])C([2H])([2H])C(=O)O. The van der Waals surface area contributed by atoms with Crippen molar-refractivity contribution in [2.24, 2.45) is 0 Å². The second-order valence-electron chi connectivity index (χ2n) is 3.45. The van der Waals surface area contributed by atoms with Crippen molar-refractivity contribution in [1.29, 1.82) is 0 Å². The maximum absolute atomic E-state index is 11.1. The molecule has 0 aliphatic heterocycles. The molecule has 18 heavy (non-hydrogen) atoms. The molecule has 0 aromatic carbocycles. The quantitative estimate of drug-likeness (QED) is 0.362. The Morgan fingerprint density at radius 2 is 1.78 bits per heavy atom. The fraction of sp³-hybridized carbons (Fsp3) is 0.812. The average Bonchev–Trinajstić information content (AvgIpc) is 2.63. The van der Waals surface area contributed by atoms with Gasteiger partial charge in [-0.3, -0.25) is 4.79 Å². The van der Waals surface area contributed by atoms with Gasteiger partial charge >= 0.3 is 5.97 Å². The summed E-state index contributed by atoms with van der Waals surface area (Å²) < 4.78 is 109. The van der Waals surface area contributed by atoms with Crippen LogP contribution in [0.25, 0.3) is 0 Å². The van der Waals surface area contributed by atoms with Crippen LogP contribution in [-0.2, 0) is 4.79 Å². The number of aliphatic carboxylic acids is 1. The van der Waals surface area contributed by atoms with Gasteiger partial charge < -0.3 is 5.11 Å². The molecule has 0 aliphatic rings. The maximum atomic E-state index is 11.1. The minimum Gasteiger partial charge on any atom is -0.481 e. The number of carboxylic acids is 1. The largest absolute Gasteiger partial charge is 0.481 e. The third kappa shape index (κ3) is 15.2. The fourth-order valence-corrected chi connectivity index (χ4v) is 1.09. The van der Waals surface area contributed by atoms with E-state index in [9.17, 15) is 4.79 Å². The van der Waals surface area contributed by atoms with Crippen molar-refractivity contribution >= 4 is 5.97 Å². The molecule has 0 amide bonds. The molecule has 2 nitrogen and oxygen atoms in total. The van der Waals surface area contributed by atoms with Crippen molar-refractivity contribution in [3.63, 3.8) is 0 Å². The molecule has 106 valence electrons. The predicted octanol–water partition coefficient (Wildman–Crippen LogP) is 5.33. The van der Waals surface area contributed by atoms with E-state index in [2.05, 4.69) is 0 Å². The monoisotopic (exact) mass is 268 g/mol. The lowest BCUT2D eigenvalue weighted by atomic mass is 10.1. The van der Waals surface area contributed by atoms with Gasteiger partial charge in [0, 0.05) is 25.6 Å². The molecular weight excluding hydrogens is 224 g/mol. The Morgan fingerprint density at radius 3 is 2.50 bits per heavy atom. The van der Waals surface area contributed by atoms with Crippen LogP contribution in [0.3, 0.4) is 0 Å². The van der Waals surface area contributed by atoms with Crippen LogP contribution >= 0.6 is 0 Å². The molecule has 0 spiro atoms. The Kier molecular flexibility index (Phi) is 3.93. The summed E-state index contributed by atoms with van der Waals surface area (Å²) in [5, 5.41) is 8.93. The van der Waals surface area contributed by atoms with Crippen molar-refractivity contribution in [3.8, 4) is 0 Å². The summed E-state index contributed by atoms with van der Waals surface area (Å²) in [5.74, 6) is -2.47. The molecule has 0 saturated carbocycles. The van der Waals surface area contributed by atoms with Gasteiger partial charge in [0.25, 0.3) is 0 Å². The highest BCUT2D eigenvalue weighted by Crippen LogP contribution is 2.08. The van der Waals surface area contributed by atoms with Gasteiger partial charge in [0.2, 0.25) is 0 Å². The van der Waals surface area contributed by atoms with Crippen LogP contribution in [0.1, 0.15) is 103 Å². The van der Waals surface area contributed by atoms with E-state index in [4.69, 9.17) is 24.3 Å². The van der Waals surface area contributed by atoms with Crippen LogP contribution in [0.4, 0.5) is 0 Å². The second kappa shape index (κ2) is 14.3. The van der Waals surface area contributed by atoms with E-state index in [1.807, 2.05) is 6.92 Å². The molecule has 0 fully saturated rings. The first-order valence-corrected chi connectivity index (χ1v) is 5.92. The average molecular weight is 268 g/mol. The molecule has 0 radical (unpaired) electrons. The summed E-state index contributed by atoms with van der Waals surface area (Å²) in [6, 6.07) is 0. The Bertz CT molecular complexity index is 684. The molecule has 0 aliphatic carbocycles. The fourth-order valence-electron chi connectivity index (χ4n) is 1.09. The van der Waals surface area contributed by atoms with Crippen LogP contribution in [0.15, 0.2) is 12.2 Å². The van der Waals surface area contributed by atoms with Crippen LogP contribution in [-0.4, -0.2) is 11.1 Å². The van der Waals surface area contributed by atoms with E-state index in [0.717, 1.165) is 19.3 Å². The third-order valence-corrected chi connectivity index (χ3v) is 1.92. The van der Waals surface area contributed by atoms with E-state index in [0.29, 0.717) is 18.9 Å². The zero-order valence-corrected chi connectivity index (χ0v) is 10.5. The molecule has 0 saturated heterocycles. The summed E-state index contributed by atoms with van der Waals surface area (Å²) in [5.41, 5.74) is 0. The summed E-state index contributed by atoms with van der Waals surface area (Å²) in [4.78, 5) is 11.1. The Labute approximate surface area is 132 Å². The van der Waals surface area contributed by atoms with Gasteiger partial charge in [0.05, 0.1) is 0 Å². The molecule has 0 bridgehead atoms. The molecular formula is C16H30O2. The van der Waals surface area contributed by atoms with Gasteiger partial charge in [-0.2, -0.15) is 0 Å². The van der Waals surface area contributed by atoms with Crippen LogP contribution in [0.2, 0.25) is 0 Å². The van der Waals surface area contributed by atoms with Crippen LogP contribution < -0.4 is 0 Å². The molecule has 0 unspecified atom stereocenters. The molecule has 1 N–H and O–H groups in total. The van der Waals surface area contributed by atoms with Gasteiger partial charge in [-0.15, -0.1) is 0 Å². The number of carboxylic acid groups (broad SMARTS) is 1. The summed E-state index contributed by atoms with van der Waals surface area (Å²) in [6.45, 7) is 1.99. The van der Waals surface area contributed by atoms with Gasteiger partial charge in [0.1, 0.15) is 0 Å². The zero-order chi connectivity index (χ0) is 26.0. The van der Waals surface area contributed by atoms with Crippen LogP contribution in [0.5, 0.6) is 0 Å². The first-order valence-electron chi connectivity index (χ1n) is 12.9. The first-order chi connectivity index (χ1) is 14.0. The highest BCUT2D eigenvalue weighted by Gasteiger charge is 1.95. The summed E-state index contributed by atoms with van der Waals surface area (Å²) >= 11 is 0. The standard InChI is InChI=1S/C16H30O2/c1-2-3-4-5-6-7-8-9-10-11-12-13-14-15-16(17)18/h7-8H,2-6,9-15H2,1H3,(H,17,18)/i9D2,10D2,11D2,12D2,13D2,14D2,15D2. The van der Waals surface area contributed by atoms with Gasteiger partial charge in [0.15, 0.2) is 0 Å². The topological polar surface area (TPSA) is 37.3 Å². The molecule has 0 rings (SSSR count). The molecule has 0 heterocycles. The van der Waals surface area contributed by atoms with E-state index in [-0.39, 0.29) is 0 Å². The normalized spacial score (nSPS) is 28.3. The number of hydrogen-bond donors (Lipinski definition) is 1. The van der Waals surface area contributed by atoms with E-state index in [1.165, 1.54) is 6.08 Å². The molecule has 0 atom stereocenters. The first kappa shape index (κ1) is 4.96. The smallest absolute Gasteiger partial charge is 0.303 e. The second-order valence-corrected chi connectivity index (χ2v) is 3.45. The van der Waals surface area contributed by atoms with E-state index < -0.39 is 50.6 Å². The highest BCUT2D eigenvalue weighted by atomic mass is 16.4. The zero-order valence-electron chi connectivity index (χ0n) is 24.5. The Balaban J connectivity index is 6.21. The number of unbranched alkanes of at least 4 members (excludes halogenated alkanes) is 4. The highest BCUT2D eigenvalue weighted by molar-refractivity contribution is 5.66. The van der Waals surface area contributed by atoms with E-state index >= 15 is 0 Å². The maximum Gasteiger partial charge on any atom is 0.303 e. The van der Waals surface area contributed by atoms with Crippen molar-refractivity contribution in [2.45, 2.75) is 83.6 Å². The van der Waals surface area contributed by atoms with Crippen molar-refractivity contribution in [3.05, 3.63) is 12.2 Å². The van der Waals surface area contributed by atoms with Gasteiger partial charge in [-0.05, 0) is 32.0 Å². The molecule has 0 aromatic rings. The number of rotatable bonds is 13. The number of allylic oxidation sites excluding steroid dienone is 2. The Morgan fingerprint density at radius 1 is 1.06 bits per heavy atom. The van der Waals surface area contributed by atoms with Gasteiger partial charge in [-0.25, -0.2) is 0 Å². The summed E-state index contributed by atoms with van der Waals surface area (Å²) in [7, 11) is 0. The molecule has 2 heteroatoms. The van der Waals surface area contributed by atoms with Crippen molar-refractivity contribution in [2.75, 3.05) is 0 Å². The predicted molar refractivity (Wildman–Crippen MR) is 77.9 cm³/mol. The molecule has 0 aromatic heterocycles. The van der Waals surface area contributed by atoms with Gasteiger partial charge in [-0.1, -0.05) is 57.5 Å². The number of hydrogen-bond acceptors (Lipinski definition) is 1. The summed E-state index contributed by atoms with van der Waals surface area (Å²) in [6.07, 6.45) is -21.9. The minimum atomic E-state index is -4.24. The third-order valence-electron chi connectivity index (χ3n) is 1.92. The number of carbonyl (C=O) groups is 1. The lowest BCUT2D eigenvalue weighted by Crippen LogP contribution is -1.93.